The number of nitrogens with one attached hydrogen (secondary N) is 3. The number of alkyl carbamates (subject to hydrolysis) is 1. The first-order chi connectivity index (χ1) is 34.7. The lowest BCUT2D eigenvalue weighted by atomic mass is 9.99. The molecule has 19 nitrogen and oxygen atoms in total. The minimum Gasteiger partial charge on any atom is -0.497 e. The molecule has 5 N–H and O–H groups in total. The number of amides is 2. The summed E-state index contributed by atoms with van der Waals surface area (Å²) in [4.78, 5) is 80.5. The van der Waals surface area contributed by atoms with Crippen molar-refractivity contribution in [3.05, 3.63) is 135 Å². The standard InChI is InChI=1S/C53H75N5O14Si2/c1-52(2,3)73(8,9)71-45-44(70-48(46(45)72-74(10,11)53(4,5)6)57-30-27-40(59)58(51(57)66)32-35-23-25-38(67-7)26-24-35)43(61)42(49(63)64)54-28-18-29-55-47(62)39(31-41(60)68-33-36-19-14-12-15-20-36)56-50(65)69-34-37-21-16-13-17-22-37/h12-17,19-27,30,39,42-46,48,54,61H,18,28-29,31-34H2,1-11H3,(H,55,62)(H,56,65)(H,63,64)/t39-,42-,43+,44?,45+,46+,48+/m0/s1. The molecule has 1 aliphatic rings. The Morgan fingerprint density at radius 3 is 1.84 bits per heavy atom. The van der Waals surface area contributed by atoms with Gasteiger partial charge in [-0.3, -0.25) is 28.3 Å². The van der Waals surface area contributed by atoms with Crippen LogP contribution in [0.25, 0.3) is 0 Å². The Bertz CT molecular complexity index is 2560. The average molecular weight is 1060 g/mol. The van der Waals surface area contributed by atoms with Crippen LogP contribution in [-0.2, 0) is 57.2 Å². The van der Waals surface area contributed by atoms with E-state index in [9.17, 15) is 39.0 Å². The van der Waals surface area contributed by atoms with Crippen LogP contribution in [0.2, 0.25) is 36.3 Å². The number of esters is 1. The van der Waals surface area contributed by atoms with Gasteiger partial charge in [0.15, 0.2) is 22.9 Å². The van der Waals surface area contributed by atoms with Crippen molar-refractivity contribution in [1.82, 2.24) is 25.1 Å². The van der Waals surface area contributed by atoms with E-state index in [2.05, 4.69) is 16.0 Å². The van der Waals surface area contributed by atoms with Gasteiger partial charge < -0.3 is 54.0 Å². The predicted molar refractivity (Wildman–Crippen MR) is 283 cm³/mol. The van der Waals surface area contributed by atoms with Crippen LogP contribution >= 0.6 is 0 Å². The predicted octanol–water partition coefficient (Wildman–Crippen LogP) is 6.08. The molecule has 404 valence electrons. The second-order valence-corrected chi connectivity index (χ2v) is 31.0. The highest BCUT2D eigenvalue weighted by atomic mass is 28.4. The van der Waals surface area contributed by atoms with Gasteiger partial charge in [-0.1, -0.05) is 114 Å². The fraction of sp³-hybridized carbons (Fsp3) is 0.509. The van der Waals surface area contributed by atoms with E-state index in [1.54, 1.807) is 72.8 Å². The number of carboxylic acids is 1. The SMILES string of the molecule is COc1ccc(Cn2c(=O)ccn([C@@H]3OC([C@H](O)[C@H](NCCCNC(=O)[C@H](CC(=O)OCc4ccccc4)NC(=O)OCc4ccccc4)C(=O)O)[C@@H](O[Si](C)(C)C(C)(C)C)[C@H]3O[Si](C)(C)C(C)(C)C)c2=O)cc1. The molecule has 1 aliphatic heterocycles. The van der Waals surface area contributed by atoms with Crippen LogP contribution in [0, 0.1) is 0 Å². The summed E-state index contributed by atoms with van der Waals surface area (Å²) in [5.74, 6) is -2.29. The Morgan fingerprint density at radius 1 is 0.743 bits per heavy atom. The molecule has 1 saturated heterocycles. The van der Waals surface area contributed by atoms with Gasteiger partial charge in [-0.05, 0) is 78.1 Å². The normalized spacial score (nSPS) is 18.4. The molecule has 3 aromatic carbocycles. The van der Waals surface area contributed by atoms with E-state index in [0.29, 0.717) is 16.9 Å². The number of methoxy groups -OCH3 is 1. The fourth-order valence-corrected chi connectivity index (χ4v) is 10.1. The molecule has 2 heterocycles. The van der Waals surface area contributed by atoms with Crippen LogP contribution in [0.1, 0.15) is 77.3 Å². The molecule has 1 unspecified atom stereocenters. The zero-order valence-corrected chi connectivity index (χ0v) is 46.4. The van der Waals surface area contributed by atoms with Crippen molar-refractivity contribution in [3.63, 3.8) is 0 Å². The van der Waals surface area contributed by atoms with Gasteiger partial charge in [-0.15, -0.1) is 0 Å². The Balaban J connectivity index is 1.37. The quantitative estimate of drug-likeness (QED) is 0.0303. The van der Waals surface area contributed by atoms with Gasteiger partial charge in [0.1, 0.15) is 55.5 Å². The van der Waals surface area contributed by atoms with E-state index in [0.717, 1.165) is 10.1 Å². The van der Waals surface area contributed by atoms with Crippen LogP contribution in [0.4, 0.5) is 4.79 Å². The summed E-state index contributed by atoms with van der Waals surface area (Å²) in [5, 5.41) is 30.3. The van der Waals surface area contributed by atoms with E-state index in [4.69, 9.17) is 27.8 Å². The maximum atomic E-state index is 14.5. The van der Waals surface area contributed by atoms with E-state index >= 15 is 0 Å². The molecule has 5 rings (SSSR count). The lowest BCUT2D eigenvalue weighted by molar-refractivity contribution is -0.149. The number of hydrogen-bond acceptors (Lipinski definition) is 14. The summed E-state index contributed by atoms with van der Waals surface area (Å²) < 4.78 is 39.2. The van der Waals surface area contributed by atoms with E-state index in [1.807, 2.05) is 79.9 Å². The molecule has 0 bridgehead atoms. The van der Waals surface area contributed by atoms with Crippen molar-refractivity contribution in [1.29, 1.82) is 0 Å². The highest BCUT2D eigenvalue weighted by molar-refractivity contribution is 6.74. The molecule has 0 aliphatic carbocycles. The topological polar surface area (TPSA) is 244 Å². The van der Waals surface area contributed by atoms with Gasteiger partial charge in [0.05, 0.1) is 20.1 Å². The Labute approximate surface area is 435 Å². The molecule has 1 aromatic heterocycles. The minimum absolute atomic E-state index is 0.0404. The van der Waals surface area contributed by atoms with Gasteiger partial charge in [-0.2, -0.15) is 0 Å². The second-order valence-electron chi connectivity index (χ2n) is 21.5. The largest absolute Gasteiger partial charge is 0.497 e. The highest BCUT2D eigenvalue weighted by Crippen LogP contribution is 2.46. The summed E-state index contributed by atoms with van der Waals surface area (Å²) >= 11 is 0. The number of rotatable bonds is 24. The van der Waals surface area contributed by atoms with E-state index < -0.39 is 101 Å². The number of aromatic nitrogens is 2. The number of aliphatic hydroxyl groups excluding tert-OH is 1. The number of carbonyl (C=O) groups excluding carboxylic acids is 3. The number of benzene rings is 3. The number of nitrogens with zero attached hydrogens (tertiary/aromatic N) is 2. The molecule has 74 heavy (non-hydrogen) atoms. The highest BCUT2D eigenvalue weighted by Gasteiger charge is 2.57. The summed E-state index contributed by atoms with van der Waals surface area (Å²) in [5.41, 5.74) is 0.811. The first kappa shape index (κ1) is 58.9. The van der Waals surface area contributed by atoms with Gasteiger partial charge in [0, 0.05) is 18.8 Å². The van der Waals surface area contributed by atoms with Gasteiger partial charge in [-0.25, -0.2) is 9.59 Å². The molecule has 4 aromatic rings. The fourth-order valence-electron chi connectivity index (χ4n) is 7.55. The molecule has 1 fully saturated rings. The first-order valence-electron chi connectivity index (χ1n) is 24.8. The molecule has 2 amide bonds. The lowest BCUT2D eigenvalue weighted by Crippen LogP contribution is -2.59. The zero-order valence-electron chi connectivity index (χ0n) is 44.4. The maximum Gasteiger partial charge on any atom is 0.408 e. The number of hydrogen-bond donors (Lipinski definition) is 5. The van der Waals surface area contributed by atoms with Crippen molar-refractivity contribution in [3.8, 4) is 5.75 Å². The van der Waals surface area contributed by atoms with E-state index in [-0.39, 0.29) is 49.3 Å². The second kappa shape index (κ2) is 25.5. The molecule has 0 spiro atoms. The van der Waals surface area contributed by atoms with Crippen LogP contribution in [0.15, 0.2) is 107 Å². The summed E-state index contributed by atoms with van der Waals surface area (Å²) in [6.07, 6.45) is -6.64. The summed E-state index contributed by atoms with van der Waals surface area (Å²) in [7, 11) is -4.05. The number of aliphatic hydroxyl groups is 1. The van der Waals surface area contributed by atoms with Crippen molar-refractivity contribution < 1.29 is 57.2 Å². The molecular weight excluding hydrogens is 987 g/mol. The van der Waals surface area contributed by atoms with Gasteiger partial charge in [0.2, 0.25) is 5.91 Å². The molecule has 0 saturated carbocycles. The number of carboxylic acid groups (broad SMARTS) is 1. The zero-order chi connectivity index (χ0) is 54.6. The maximum absolute atomic E-state index is 14.5. The van der Waals surface area contributed by atoms with Crippen molar-refractivity contribution in [2.45, 2.75) is 153 Å². The molecule has 21 heteroatoms. The van der Waals surface area contributed by atoms with Crippen molar-refractivity contribution in [2.24, 2.45) is 0 Å². The van der Waals surface area contributed by atoms with E-state index in [1.165, 1.54) is 23.9 Å². The Morgan fingerprint density at radius 2 is 1.30 bits per heavy atom. The van der Waals surface area contributed by atoms with Crippen molar-refractivity contribution in [2.75, 3.05) is 20.2 Å². The average Bonchev–Trinajstić information content (AvgIpc) is 3.67. The third-order valence-corrected chi connectivity index (χ3v) is 22.9. The molecule has 7 atom stereocenters. The van der Waals surface area contributed by atoms with Crippen LogP contribution in [0.5, 0.6) is 5.75 Å². The third-order valence-electron chi connectivity index (χ3n) is 14.0. The Kier molecular flexibility index (Phi) is 20.3. The number of ether oxygens (including phenoxy) is 4. The van der Waals surface area contributed by atoms with Crippen LogP contribution < -0.4 is 31.9 Å². The van der Waals surface area contributed by atoms with Gasteiger partial charge in [0.25, 0.3) is 5.56 Å². The van der Waals surface area contributed by atoms with Crippen molar-refractivity contribution >= 4 is 40.6 Å². The first-order valence-corrected chi connectivity index (χ1v) is 30.6. The number of aliphatic carboxylic acids is 1. The Hall–Kier alpha value is -5.95. The summed E-state index contributed by atoms with van der Waals surface area (Å²) in [6.45, 7) is 20.0. The van der Waals surface area contributed by atoms with Gasteiger partial charge >= 0.3 is 23.7 Å². The molecular formula is C53H75N5O14Si2. The minimum atomic E-state index is -2.80. The number of carbonyl (C=O) groups is 4. The lowest BCUT2D eigenvalue weighted by Gasteiger charge is -2.44. The molecule has 0 radical (unpaired) electrons. The van der Waals surface area contributed by atoms with Crippen LogP contribution in [-0.4, -0.2) is 117 Å². The monoisotopic (exact) mass is 1060 g/mol. The summed E-state index contributed by atoms with van der Waals surface area (Å²) in [6, 6.07) is 23.0. The van der Waals surface area contributed by atoms with Crippen LogP contribution in [0.3, 0.4) is 0 Å². The smallest absolute Gasteiger partial charge is 0.408 e. The third kappa shape index (κ3) is 15.8.